The summed E-state index contributed by atoms with van der Waals surface area (Å²) in [6.07, 6.45) is 5.69. The summed E-state index contributed by atoms with van der Waals surface area (Å²) >= 11 is 1.45. The lowest BCUT2D eigenvalue weighted by Gasteiger charge is -2.32. The second kappa shape index (κ2) is 8.04. The number of esters is 1. The van der Waals surface area contributed by atoms with Gasteiger partial charge in [0.15, 0.2) is 0 Å². The molecule has 0 aliphatic carbocycles. The van der Waals surface area contributed by atoms with Gasteiger partial charge in [-0.1, -0.05) is 12.2 Å². The minimum absolute atomic E-state index is 0.239. The summed E-state index contributed by atoms with van der Waals surface area (Å²) in [6.45, 7) is 8.99. The second-order valence-corrected chi connectivity index (χ2v) is 8.55. The molecule has 0 bridgehead atoms. The topological polar surface area (TPSA) is 55.8 Å². The monoisotopic (exact) mass is 365 g/mol. The number of ether oxygens (including phenoxy) is 2. The van der Waals surface area contributed by atoms with E-state index in [1.54, 1.807) is 4.90 Å². The molecular formula is C19H27NO4S. The zero-order chi connectivity index (χ0) is 18.6. The molecule has 0 aromatic carbocycles. The number of methoxy groups -OCH3 is 1. The van der Waals surface area contributed by atoms with Gasteiger partial charge in [0.2, 0.25) is 0 Å². The molecule has 1 aliphatic heterocycles. The van der Waals surface area contributed by atoms with Crippen LogP contribution in [0.15, 0.2) is 12.1 Å². The number of carbonyl (C=O) groups is 2. The zero-order valence-electron chi connectivity index (χ0n) is 15.6. The van der Waals surface area contributed by atoms with Crippen molar-refractivity contribution in [2.75, 3.05) is 20.2 Å². The second-order valence-electron chi connectivity index (χ2n) is 7.30. The largest absolute Gasteiger partial charge is 0.465 e. The molecule has 1 aromatic rings. The van der Waals surface area contributed by atoms with E-state index in [1.165, 1.54) is 18.4 Å². The lowest BCUT2D eigenvalue weighted by molar-refractivity contribution is 0.0197. The van der Waals surface area contributed by atoms with Crippen molar-refractivity contribution in [3.05, 3.63) is 27.5 Å². The Morgan fingerprint density at radius 2 is 1.92 bits per heavy atom. The molecule has 5 nitrogen and oxygen atoms in total. The summed E-state index contributed by atoms with van der Waals surface area (Å²) in [5.74, 6) is 0.0990. The Labute approximate surface area is 153 Å². The summed E-state index contributed by atoms with van der Waals surface area (Å²) in [5, 5.41) is 0. The first kappa shape index (κ1) is 19.5. The van der Waals surface area contributed by atoms with Crippen LogP contribution in [-0.2, 0) is 9.47 Å². The van der Waals surface area contributed by atoms with Crippen molar-refractivity contribution in [2.24, 2.45) is 5.92 Å². The molecular weight excluding hydrogens is 338 g/mol. The molecule has 2 rings (SSSR count). The van der Waals surface area contributed by atoms with Gasteiger partial charge in [-0.3, -0.25) is 0 Å². The van der Waals surface area contributed by atoms with Gasteiger partial charge in [0.05, 0.1) is 7.11 Å². The molecule has 25 heavy (non-hydrogen) atoms. The number of piperidine rings is 1. The highest BCUT2D eigenvalue weighted by atomic mass is 32.1. The predicted octanol–water partition coefficient (Wildman–Crippen LogP) is 4.50. The fourth-order valence-corrected chi connectivity index (χ4v) is 3.67. The van der Waals surface area contributed by atoms with E-state index >= 15 is 0 Å². The molecule has 0 N–H and O–H groups in total. The molecule has 0 unspecified atom stereocenters. The summed E-state index contributed by atoms with van der Waals surface area (Å²) in [6, 6.07) is 2.00. The number of hydrogen-bond acceptors (Lipinski definition) is 5. The summed E-state index contributed by atoms with van der Waals surface area (Å²) in [4.78, 5) is 27.4. The van der Waals surface area contributed by atoms with E-state index in [2.05, 4.69) is 6.08 Å². The van der Waals surface area contributed by atoms with E-state index in [1.807, 2.05) is 39.8 Å². The summed E-state index contributed by atoms with van der Waals surface area (Å²) in [7, 11) is 1.40. The van der Waals surface area contributed by atoms with Crippen LogP contribution in [0, 0.1) is 12.8 Å². The van der Waals surface area contributed by atoms with Crippen molar-refractivity contribution < 1.29 is 19.1 Å². The maximum Gasteiger partial charge on any atom is 0.410 e. The molecule has 1 saturated heterocycles. The zero-order valence-corrected chi connectivity index (χ0v) is 16.4. The summed E-state index contributed by atoms with van der Waals surface area (Å²) in [5.41, 5.74) is 0.443. The van der Waals surface area contributed by atoms with Crippen molar-refractivity contribution in [1.29, 1.82) is 0 Å². The molecule has 0 saturated carbocycles. The number of allylic oxidation sites excluding steroid dienone is 1. The minimum Gasteiger partial charge on any atom is -0.465 e. The average molecular weight is 365 g/mol. The third-order valence-electron chi connectivity index (χ3n) is 3.99. The average Bonchev–Trinajstić information content (AvgIpc) is 2.92. The normalized spacial score (nSPS) is 16.3. The van der Waals surface area contributed by atoms with E-state index < -0.39 is 5.60 Å². The number of carbonyl (C=O) groups excluding carboxylic acids is 2. The maximum absolute atomic E-state index is 12.1. The molecule has 2 heterocycles. The van der Waals surface area contributed by atoms with Crippen molar-refractivity contribution in [3.63, 3.8) is 0 Å². The van der Waals surface area contributed by atoms with E-state index in [-0.39, 0.29) is 12.1 Å². The molecule has 1 amide bonds. The van der Waals surface area contributed by atoms with E-state index in [0.29, 0.717) is 23.9 Å². The minimum atomic E-state index is -0.463. The number of amides is 1. The van der Waals surface area contributed by atoms with Crippen LogP contribution in [0.1, 0.15) is 53.7 Å². The van der Waals surface area contributed by atoms with Crippen molar-refractivity contribution in [3.8, 4) is 0 Å². The SMILES string of the molecule is COC(=O)c1sc(C)cc1/C=C/C1CCN(C(=O)OC(C)(C)C)CC1. The third-order valence-corrected chi connectivity index (χ3v) is 5.04. The quantitative estimate of drug-likeness (QED) is 0.740. The van der Waals surface area contributed by atoms with Gasteiger partial charge in [-0.25, -0.2) is 9.59 Å². The smallest absolute Gasteiger partial charge is 0.410 e. The van der Waals surface area contributed by atoms with E-state index in [4.69, 9.17) is 9.47 Å². The van der Waals surface area contributed by atoms with Gasteiger partial charge in [-0.15, -0.1) is 11.3 Å². The number of hydrogen-bond donors (Lipinski definition) is 0. The molecule has 1 aliphatic rings. The predicted molar refractivity (Wildman–Crippen MR) is 100.0 cm³/mol. The van der Waals surface area contributed by atoms with Gasteiger partial charge in [0.1, 0.15) is 10.5 Å². The van der Waals surface area contributed by atoms with Crippen LogP contribution < -0.4 is 0 Å². The Kier molecular flexibility index (Phi) is 6.27. The first-order valence-corrected chi connectivity index (χ1v) is 9.36. The lowest BCUT2D eigenvalue weighted by Crippen LogP contribution is -2.41. The fraction of sp³-hybridized carbons (Fsp3) is 0.579. The molecule has 6 heteroatoms. The first-order chi connectivity index (χ1) is 11.7. The van der Waals surface area contributed by atoms with Crippen molar-refractivity contribution in [2.45, 2.75) is 46.1 Å². The lowest BCUT2D eigenvalue weighted by atomic mass is 9.96. The van der Waals surface area contributed by atoms with Crippen LogP contribution in [0.5, 0.6) is 0 Å². The van der Waals surface area contributed by atoms with E-state index in [0.717, 1.165) is 23.3 Å². The Morgan fingerprint density at radius 1 is 1.28 bits per heavy atom. The molecule has 1 aromatic heterocycles. The first-order valence-electron chi connectivity index (χ1n) is 8.54. The van der Waals surface area contributed by atoms with Crippen LogP contribution in [0.25, 0.3) is 6.08 Å². The number of likely N-dealkylation sites (tertiary alicyclic amines) is 1. The Hall–Kier alpha value is -1.82. The number of aryl methyl sites for hydroxylation is 1. The standard InChI is InChI=1S/C19H27NO4S/c1-13-12-15(16(25-13)17(21)23-5)7-6-14-8-10-20(11-9-14)18(22)24-19(2,3)4/h6-7,12,14H,8-11H2,1-5H3/b7-6+. The van der Waals surface area contributed by atoms with Gasteiger partial charge in [-0.2, -0.15) is 0 Å². The van der Waals surface area contributed by atoms with Crippen molar-refractivity contribution >= 4 is 29.5 Å². The van der Waals surface area contributed by atoms with Crippen LogP contribution >= 0.6 is 11.3 Å². The molecule has 1 fully saturated rings. The maximum atomic E-state index is 12.1. The van der Waals surface area contributed by atoms with E-state index in [9.17, 15) is 9.59 Å². The van der Waals surface area contributed by atoms with Gasteiger partial charge < -0.3 is 14.4 Å². The van der Waals surface area contributed by atoms with Crippen LogP contribution in [0.2, 0.25) is 0 Å². The highest BCUT2D eigenvalue weighted by molar-refractivity contribution is 7.14. The Balaban J connectivity index is 1.93. The third kappa shape index (κ3) is 5.59. The Morgan fingerprint density at radius 3 is 2.48 bits per heavy atom. The Bertz CT molecular complexity index is 649. The number of rotatable bonds is 3. The number of thiophene rings is 1. The molecule has 0 radical (unpaired) electrons. The van der Waals surface area contributed by atoms with Crippen molar-refractivity contribution in [1.82, 2.24) is 4.90 Å². The van der Waals surface area contributed by atoms with Gasteiger partial charge in [-0.05, 0) is 58.1 Å². The molecule has 138 valence electrons. The summed E-state index contributed by atoms with van der Waals surface area (Å²) < 4.78 is 10.3. The molecule has 0 spiro atoms. The highest BCUT2D eigenvalue weighted by Gasteiger charge is 2.26. The van der Waals surface area contributed by atoms with Gasteiger partial charge in [0.25, 0.3) is 0 Å². The number of nitrogens with zero attached hydrogens (tertiary/aromatic N) is 1. The van der Waals surface area contributed by atoms with Crippen LogP contribution in [0.3, 0.4) is 0 Å². The fourth-order valence-electron chi connectivity index (χ4n) is 2.75. The van der Waals surface area contributed by atoms with Gasteiger partial charge in [0, 0.05) is 18.0 Å². The highest BCUT2D eigenvalue weighted by Crippen LogP contribution is 2.26. The van der Waals surface area contributed by atoms with Crippen LogP contribution in [-0.4, -0.2) is 42.8 Å². The van der Waals surface area contributed by atoms with Crippen LogP contribution in [0.4, 0.5) is 4.79 Å². The van der Waals surface area contributed by atoms with Gasteiger partial charge >= 0.3 is 12.1 Å². The molecule has 0 atom stereocenters.